The number of nitrogens with one attached hydrogen (secondary N) is 1. The van der Waals surface area contributed by atoms with Gasteiger partial charge in [0, 0.05) is 19.1 Å². The molecule has 2 rings (SSSR count). The molecule has 0 aliphatic carbocycles. The zero-order valence-corrected chi connectivity index (χ0v) is 13.1. The largest absolute Gasteiger partial charge is 0.343 e. The normalized spacial score (nSPS) is 32.0. The summed E-state index contributed by atoms with van der Waals surface area (Å²) < 4.78 is 0. The molecule has 5 nitrogen and oxygen atoms in total. The standard InChI is InChI=1S/C15H27N3O2/c1-5-13-14(19)16-11(4)15(20)18(13)9-12-6-7-17(8-12)10(2)3/h10-13H,5-9H2,1-4H3,(H,16,19). The van der Waals surface area contributed by atoms with Crippen molar-refractivity contribution in [3.8, 4) is 0 Å². The SMILES string of the molecule is CCC1C(=O)NC(C)C(=O)N1CC1CCN(C(C)C)C1. The van der Waals surface area contributed by atoms with Crippen molar-refractivity contribution in [3.63, 3.8) is 0 Å². The van der Waals surface area contributed by atoms with Gasteiger partial charge in [-0.05, 0) is 46.1 Å². The van der Waals surface area contributed by atoms with Gasteiger partial charge in [0.15, 0.2) is 0 Å². The van der Waals surface area contributed by atoms with E-state index in [1.165, 1.54) is 0 Å². The Kier molecular flexibility index (Phi) is 4.68. The topological polar surface area (TPSA) is 52.7 Å². The van der Waals surface area contributed by atoms with Gasteiger partial charge in [0.1, 0.15) is 12.1 Å². The van der Waals surface area contributed by atoms with Gasteiger partial charge in [0.05, 0.1) is 0 Å². The van der Waals surface area contributed by atoms with Crippen LogP contribution >= 0.6 is 0 Å². The first-order valence-electron chi connectivity index (χ1n) is 7.79. The van der Waals surface area contributed by atoms with Gasteiger partial charge in [-0.15, -0.1) is 0 Å². The van der Waals surface area contributed by atoms with Crippen LogP contribution in [0, 0.1) is 5.92 Å². The van der Waals surface area contributed by atoms with E-state index < -0.39 is 0 Å². The van der Waals surface area contributed by atoms with Crippen molar-refractivity contribution >= 4 is 11.8 Å². The van der Waals surface area contributed by atoms with Gasteiger partial charge < -0.3 is 15.1 Å². The maximum Gasteiger partial charge on any atom is 0.245 e. The molecule has 2 saturated heterocycles. The molecule has 2 aliphatic rings. The number of amides is 2. The van der Waals surface area contributed by atoms with E-state index in [-0.39, 0.29) is 23.9 Å². The number of likely N-dealkylation sites (tertiary alicyclic amines) is 1. The summed E-state index contributed by atoms with van der Waals surface area (Å²) in [6.45, 7) is 11.0. The van der Waals surface area contributed by atoms with Crippen LogP contribution in [0.1, 0.15) is 40.5 Å². The van der Waals surface area contributed by atoms with Crippen molar-refractivity contribution in [2.45, 2.75) is 58.7 Å². The molecule has 1 N–H and O–H groups in total. The minimum atomic E-state index is -0.382. The second kappa shape index (κ2) is 6.12. The second-order valence-electron chi connectivity index (χ2n) is 6.39. The molecular formula is C15H27N3O2. The van der Waals surface area contributed by atoms with Crippen LogP contribution in [0.4, 0.5) is 0 Å². The first-order valence-corrected chi connectivity index (χ1v) is 7.79. The highest BCUT2D eigenvalue weighted by molar-refractivity contribution is 5.96. The lowest BCUT2D eigenvalue weighted by molar-refractivity contribution is -0.149. The Balaban J connectivity index is 2.02. The number of carbonyl (C=O) groups excluding carboxylic acids is 2. The summed E-state index contributed by atoms with van der Waals surface area (Å²) in [5, 5.41) is 2.77. The van der Waals surface area contributed by atoms with Crippen molar-refractivity contribution < 1.29 is 9.59 Å². The van der Waals surface area contributed by atoms with E-state index in [1.54, 1.807) is 6.92 Å². The van der Waals surface area contributed by atoms with Gasteiger partial charge >= 0.3 is 0 Å². The Morgan fingerprint density at radius 3 is 2.60 bits per heavy atom. The molecule has 0 bridgehead atoms. The number of carbonyl (C=O) groups is 2. The molecule has 5 heteroatoms. The Bertz CT molecular complexity index is 383. The van der Waals surface area contributed by atoms with Crippen molar-refractivity contribution in [1.29, 1.82) is 0 Å². The molecule has 114 valence electrons. The summed E-state index contributed by atoms with van der Waals surface area (Å²) in [7, 11) is 0. The molecule has 3 atom stereocenters. The molecule has 20 heavy (non-hydrogen) atoms. The van der Waals surface area contributed by atoms with Crippen LogP contribution in [0.5, 0.6) is 0 Å². The molecule has 3 unspecified atom stereocenters. The monoisotopic (exact) mass is 281 g/mol. The summed E-state index contributed by atoms with van der Waals surface area (Å²) in [6, 6.07) is -0.110. The van der Waals surface area contributed by atoms with E-state index in [4.69, 9.17) is 0 Å². The summed E-state index contributed by atoms with van der Waals surface area (Å²) in [5.74, 6) is 0.561. The third-order valence-corrected chi connectivity index (χ3v) is 4.58. The molecule has 0 radical (unpaired) electrons. The Morgan fingerprint density at radius 1 is 1.35 bits per heavy atom. The first kappa shape index (κ1) is 15.3. The summed E-state index contributed by atoms with van der Waals surface area (Å²) in [5.41, 5.74) is 0. The van der Waals surface area contributed by atoms with Crippen LogP contribution < -0.4 is 5.32 Å². The van der Waals surface area contributed by atoms with Crippen molar-refractivity contribution in [2.24, 2.45) is 5.92 Å². The highest BCUT2D eigenvalue weighted by Gasteiger charge is 2.39. The Hall–Kier alpha value is -1.10. The number of piperazine rings is 1. The maximum absolute atomic E-state index is 12.3. The maximum atomic E-state index is 12.3. The highest BCUT2D eigenvalue weighted by Crippen LogP contribution is 2.22. The molecule has 2 aliphatic heterocycles. The summed E-state index contributed by atoms with van der Waals surface area (Å²) in [6.07, 6.45) is 1.80. The first-order chi connectivity index (χ1) is 9.43. The van der Waals surface area contributed by atoms with Crippen LogP contribution in [-0.4, -0.2) is 59.4 Å². The van der Waals surface area contributed by atoms with Crippen LogP contribution in [0.2, 0.25) is 0 Å². The summed E-state index contributed by atoms with van der Waals surface area (Å²) in [4.78, 5) is 28.6. The van der Waals surface area contributed by atoms with Crippen LogP contribution in [-0.2, 0) is 9.59 Å². The molecule has 0 aromatic heterocycles. The van der Waals surface area contributed by atoms with E-state index in [1.807, 2.05) is 11.8 Å². The van der Waals surface area contributed by atoms with E-state index in [2.05, 4.69) is 24.1 Å². The minimum Gasteiger partial charge on any atom is -0.343 e. The van der Waals surface area contributed by atoms with Gasteiger partial charge in [-0.1, -0.05) is 6.92 Å². The molecule has 2 amide bonds. The van der Waals surface area contributed by atoms with Crippen LogP contribution in [0.25, 0.3) is 0 Å². The second-order valence-corrected chi connectivity index (χ2v) is 6.39. The quantitative estimate of drug-likeness (QED) is 0.831. The zero-order chi connectivity index (χ0) is 14.9. The average molecular weight is 281 g/mol. The number of hydrogen-bond donors (Lipinski definition) is 1. The molecule has 0 spiro atoms. The predicted molar refractivity (Wildman–Crippen MR) is 78.2 cm³/mol. The predicted octanol–water partition coefficient (Wildman–Crippen LogP) is 0.842. The lowest BCUT2D eigenvalue weighted by Crippen LogP contribution is -2.63. The fourth-order valence-electron chi connectivity index (χ4n) is 3.30. The molecule has 0 saturated carbocycles. The molecular weight excluding hydrogens is 254 g/mol. The minimum absolute atomic E-state index is 0.00156. The highest BCUT2D eigenvalue weighted by atomic mass is 16.2. The van der Waals surface area contributed by atoms with Crippen LogP contribution in [0.15, 0.2) is 0 Å². The molecule has 2 fully saturated rings. The van der Waals surface area contributed by atoms with Crippen molar-refractivity contribution in [1.82, 2.24) is 15.1 Å². The third-order valence-electron chi connectivity index (χ3n) is 4.58. The average Bonchev–Trinajstić information content (AvgIpc) is 2.84. The van der Waals surface area contributed by atoms with E-state index in [0.29, 0.717) is 18.4 Å². The fraction of sp³-hybridized carbons (Fsp3) is 0.867. The van der Waals surface area contributed by atoms with E-state index >= 15 is 0 Å². The van der Waals surface area contributed by atoms with Crippen LogP contribution in [0.3, 0.4) is 0 Å². The lowest BCUT2D eigenvalue weighted by atomic mass is 10.0. The molecule has 0 aromatic carbocycles. The smallest absolute Gasteiger partial charge is 0.245 e. The van der Waals surface area contributed by atoms with Gasteiger partial charge in [0.2, 0.25) is 11.8 Å². The fourth-order valence-corrected chi connectivity index (χ4v) is 3.30. The van der Waals surface area contributed by atoms with Crippen molar-refractivity contribution in [3.05, 3.63) is 0 Å². The number of rotatable bonds is 4. The van der Waals surface area contributed by atoms with Crippen molar-refractivity contribution in [2.75, 3.05) is 19.6 Å². The Labute approximate surface area is 121 Å². The van der Waals surface area contributed by atoms with Gasteiger partial charge in [-0.3, -0.25) is 9.59 Å². The Morgan fingerprint density at radius 2 is 2.05 bits per heavy atom. The van der Waals surface area contributed by atoms with E-state index in [0.717, 1.165) is 26.1 Å². The number of hydrogen-bond acceptors (Lipinski definition) is 3. The molecule has 0 aromatic rings. The van der Waals surface area contributed by atoms with E-state index in [9.17, 15) is 9.59 Å². The zero-order valence-electron chi connectivity index (χ0n) is 13.1. The third kappa shape index (κ3) is 2.97. The summed E-state index contributed by atoms with van der Waals surface area (Å²) >= 11 is 0. The van der Waals surface area contributed by atoms with Gasteiger partial charge in [0.25, 0.3) is 0 Å². The van der Waals surface area contributed by atoms with Gasteiger partial charge in [-0.2, -0.15) is 0 Å². The molecule has 2 heterocycles. The van der Waals surface area contributed by atoms with Gasteiger partial charge in [-0.25, -0.2) is 0 Å². The lowest BCUT2D eigenvalue weighted by Gasteiger charge is -2.39. The number of nitrogens with zero attached hydrogens (tertiary/aromatic N) is 2.